The smallest absolute Gasteiger partial charge is 0.244 e. The molecule has 100 valence electrons. The molecule has 1 rings (SSSR count). The minimum atomic E-state index is -3.32. The van der Waals surface area contributed by atoms with E-state index in [0.717, 1.165) is 6.42 Å². The van der Waals surface area contributed by atoms with Crippen molar-refractivity contribution in [2.24, 2.45) is 5.92 Å². The van der Waals surface area contributed by atoms with Gasteiger partial charge in [-0.15, -0.1) is 0 Å². The predicted octanol–water partition coefficient (Wildman–Crippen LogP) is 1.46. The van der Waals surface area contributed by atoms with E-state index in [9.17, 15) is 13.2 Å². The molecule has 0 saturated heterocycles. The third kappa shape index (κ3) is 2.34. The van der Waals surface area contributed by atoms with Gasteiger partial charge in [-0.25, -0.2) is 8.42 Å². The van der Waals surface area contributed by atoms with Crippen LogP contribution in [-0.4, -0.2) is 43.3 Å². The minimum absolute atomic E-state index is 0.0572. The summed E-state index contributed by atoms with van der Waals surface area (Å²) in [5, 5.41) is 0. The molecular weight excluding hydrogens is 238 g/mol. The molecule has 1 aliphatic rings. The highest BCUT2D eigenvalue weighted by atomic mass is 32.2. The highest BCUT2D eigenvalue weighted by Crippen LogP contribution is 2.40. The zero-order valence-electron chi connectivity index (χ0n) is 11.4. The predicted molar refractivity (Wildman–Crippen MR) is 68.5 cm³/mol. The average molecular weight is 261 g/mol. The molecule has 0 unspecified atom stereocenters. The van der Waals surface area contributed by atoms with Crippen molar-refractivity contribution < 1.29 is 13.2 Å². The Morgan fingerprint density at radius 1 is 1.24 bits per heavy atom. The minimum Gasteiger partial charge on any atom is -0.341 e. The van der Waals surface area contributed by atoms with E-state index in [1.807, 2.05) is 20.8 Å². The molecule has 0 aromatic carbocycles. The number of rotatable bonds is 4. The Bertz CT molecular complexity index is 396. The van der Waals surface area contributed by atoms with Crippen LogP contribution >= 0.6 is 0 Å². The van der Waals surface area contributed by atoms with E-state index in [4.69, 9.17) is 0 Å². The van der Waals surface area contributed by atoms with E-state index in [2.05, 4.69) is 0 Å². The number of nitrogens with zero attached hydrogens (tertiary/aromatic N) is 1. The summed E-state index contributed by atoms with van der Waals surface area (Å²) in [5.74, 6) is 0.0908. The quantitative estimate of drug-likeness (QED) is 0.770. The molecule has 0 radical (unpaired) electrons. The fraction of sp³-hybridized carbons (Fsp3) is 0.917. The van der Waals surface area contributed by atoms with Gasteiger partial charge in [0.25, 0.3) is 0 Å². The van der Waals surface area contributed by atoms with Crippen LogP contribution < -0.4 is 0 Å². The highest BCUT2D eigenvalue weighted by molar-refractivity contribution is 7.93. The summed E-state index contributed by atoms with van der Waals surface area (Å²) in [5.41, 5.74) is 0. The number of hydrogen-bond acceptors (Lipinski definition) is 3. The van der Waals surface area contributed by atoms with Gasteiger partial charge in [0.2, 0.25) is 5.91 Å². The van der Waals surface area contributed by atoms with E-state index in [1.54, 1.807) is 11.9 Å². The van der Waals surface area contributed by atoms with Gasteiger partial charge in [-0.3, -0.25) is 4.79 Å². The number of carbonyl (C=O) groups excluding carboxylic acids is 1. The topological polar surface area (TPSA) is 54.5 Å². The fourth-order valence-electron chi connectivity index (χ4n) is 2.19. The Hall–Kier alpha value is -0.580. The van der Waals surface area contributed by atoms with Crippen molar-refractivity contribution in [3.05, 3.63) is 0 Å². The summed E-state index contributed by atoms with van der Waals surface area (Å²) in [6.45, 7) is 6.02. The van der Waals surface area contributed by atoms with Crippen LogP contribution in [0.15, 0.2) is 0 Å². The zero-order valence-corrected chi connectivity index (χ0v) is 12.2. The molecular formula is C12H23NO3S. The molecule has 0 spiro atoms. The third-order valence-corrected chi connectivity index (χ3v) is 6.16. The maximum absolute atomic E-state index is 12.4. The SMILES string of the molecule is CC(C)[C@H](C)N(C)C(=O)C1(S(C)(=O)=O)CCC1. The largest absolute Gasteiger partial charge is 0.341 e. The molecule has 1 atom stereocenters. The second kappa shape index (κ2) is 4.59. The average Bonchev–Trinajstić information content (AvgIpc) is 2.10. The first kappa shape index (κ1) is 14.5. The molecule has 0 aliphatic heterocycles. The molecule has 4 nitrogen and oxygen atoms in total. The van der Waals surface area contributed by atoms with Gasteiger partial charge in [-0.1, -0.05) is 13.8 Å². The van der Waals surface area contributed by atoms with Crippen molar-refractivity contribution in [2.75, 3.05) is 13.3 Å². The van der Waals surface area contributed by atoms with Crippen molar-refractivity contribution in [3.8, 4) is 0 Å². The first-order chi connectivity index (χ1) is 7.63. The Balaban J connectivity index is 2.96. The molecule has 0 heterocycles. The van der Waals surface area contributed by atoms with Crippen molar-refractivity contribution in [2.45, 2.75) is 50.8 Å². The molecule has 5 heteroatoms. The first-order valence-corrected chi connectivity index (χ1v) is 7.99. The first-order valence-electron chi connectivity index (χ1n) is 6.10. The Morgan fingerprint density at radius 2 is 1.71 bits per heavy atom. The summed E-state index contributed by atoms with van der Waals surface area (Å²) in [4.78, 5) is 14.0. The van der Waals surface area contributed by atoms with Crippen LogP contribution in [0.2, 0.25) is 0 Å². The molecule has 1 amide bonds. The standard InChI is InChI=1S/C12H23NO3S/c1-9(2)10(3)13(4)11(14)12(7-6-8-12)17(5,15)16/h9-10H,6-8H2,1-5H3/t10-/m0/s1. The van der Waals surface area contributed by atoms with E-state index in [0.29, 0.717) is 18.8 Å². The van der Waals surface area contributed by atoms with Gasteiger partial charge in [0, 0.05) is 19.3 Å². The molecule has 17 heavy (non-hydrogen) atoms. The summed E-state index contributed by atoms with van der Waals surface area (Å²) < 4.78 is 22.5. The second-order valence-corrected chi connectivity index (χ2v) is 7.85. The van der Waals surface area contributed by atoms with Crippen LogP contribution in [0, 0.1) is 5.92 Å². The van der Waals surface area contributed by atoms with Gasteiger partial charge in [-0.2, -0.15) is 0 Å². The maximum atomic E-state index is 12.4. The van der Waals surface area contributed by atoms with Gasteiger partial charge >= 0.3 is 0 Å². The second-order valence-electron chi connectivity index (χ2n) is 5.52. The van der Waals surface area contributed by atoms with Crippen LogP contribution in [0.1, 0.15) is 40.0 Å². The molecule has 1 fully saturated rings. The van der Waals surface area contributed by atoms with Crippen LogP contribution in [0.3, 0.4) is 0 Å². The normalized spacial score (nSPS) is 20.8. The highest BCUT2D eigenvalue weighted by Gasteiger charge is 2.54. The van der Waals surface area contributed by atoms with Crippen molar-refractivity contribution in [1.29, 1.82) is 0 Å². The van der Waals surface area contributed by atoms with Crippen molar-refractivity contribution in [3.63, 3.8) is 0 Å². The summed E-state index contributed by atoms with van der Waals surface area (Å²) in [7, 11) is -1.62. The molecule has 0 aromatic heterocycles. The lowest BCUT2D eigenvalue weighted by Crippen LogP contribution is -2.59. The van der Waals surface area contributed by atoms with Crippen LogP contribution in [0.5, 0.6) is 0 Å². The lowest BCUT2D eigenvalue weighted by atomic mass is 9.82. The molecule has 0 aromatic rings. The summed E-state index contributed by atoms with van der Waals surface area (Å²) in [6.07, 6.45) is 2.94. The summed E-state index contributed by atoms with van der Waals surface area (Å²) >= 11 is 0. The lowest BCUT2D eigenvalue weighted by Gasteiger charge is -2.43. The summed E-state index contributed by atoms with van der Waals surface area (Å²) in [6, 6.07) is 0.0572. The number of carbonyl (C=O) groups is 1. The van der Waals surface area contributed by atoms with Crippen molar-refractivity contribution >= 4 is 15.7 Å². The van der Waals surface area contributed by atoms with Crippen LogP contribution in [-0.2, 0) is 14.6 Å². The fourth-order valence-corrected chi connectivity index (χ4v) is 3.69. The Morgan fingerprint density at radius 3 is 1.94 bits per heavy atom. The monoisotopic (exact) mass is 261 g/mol. The van der Waals surface area contributed by atoms with E-state index in [1.165, 1.54) is 6.26 Å². The Kier molecular flexibility index (Phi) is 3.91. The number of amides is 1. The van der Waals surface area contributed by atoms with Crippen LogP contribution in [0.25, 0.3) is 0 Å². The molecule has 1 aliphatic carbocycles. The van der Waals surface area contributed by atoms with Gasteiger partial charge < -0.3 is 4.90 Å². The molecule has 0 bridgehead atoms. The Labute approximate surface area is 104 Å². The van der Waals surface area contributed by atoms with E-state index in [-0.39, 0.29) is 11.9 Å². The van der Waals surface area contributed by atoms with Crippen molar-refractivity contribution in [1.82, 2.24) is 4.90 Å². The van der Waals surface area contributed by atoms with Gasteiger partial charge in [0.1, 0.15) is 0 Å². The maximum Gasteiger partial charge on any atom is 0.244 e. The third-order valence-electron chi connectivity index (χ3n) is 4.16. The van der Waals surface area contributed by atoms with Gasteiger partial charge in [-0.05, 0) is 32.1 Å². The zero-order chi connectivity index (χ0) is 13.4. The molecule has 0 N–H and O–H groups in total. The van der Waals surface area contributed by atoms with Gasteiger partial charge in [0.15, 0.2) is 14.6 Å². The number of hydrogen-bond donors (Lipinski definition) is 0. The lowest BCUT2D eigenvalue weighted by molar-refractivity contribution is -0.137. The van der Waals surface area contributed by atoms with Crippen LogP contribution in [0.4, 0.5) is 0 Å². The molecule has 1 saturated carbocycles. The van der Waals surface area contributed by atoms with Gasteiger partial charge in [0.05, 0.1) is 0 Å². The van der Waals surface area contributed by atoms with E-state index >= 15 is 0 Å². The number of sulfone groups is 1. The van der Waals surface area contributed by atoms with E-state index < -0.39 is 14.6 Å².